The first-order valence-electron chi connectivity index (χ1n) is 9.75. The third kappa shape index (κ3) is 3.72. The second-order valence-corrected chi connectivity index (χ2v) is 7.64. The number of ether oxygens (including phenoxy) is 2. The van der Waals surface area contributed by atoms with Gasteiger partial charge in [0.15, 0.2) is 0 Å². The van der Waals surface area contributed by atoms with Crippen LogP contribution in [0.3, 0.4) is 0 Å². The Hall–Kier alpha value is -3.42. The Labute approximate surface area is 174 Å². The molecule has 0 spiro atoms. The van der Waals surface area contributed by atoms with Crippen molar-refractivity contribution in [2.24, 2.45) is 18.9 Å². The number of nitrogens with zero attached hydrogens (tertiary/aromatic N) is 4. The summed E-state index contributed by atoms with van der Waals surface area (Å²) in [5, 5.41) is 10.3. The predicted molar refractivity (Wildman–Crippen MR) is 111 cm³/mol. The smallest absolute Gasteiger partial charge is 0.251 e. The zero-order valence-electron chi connectivity index (χ0n) is 17.4. The molecule has 3 atom stereocenters. The molecule has 1 aliphatic rings. The summed E-state index contributed by atoms with van der Waals surface area (Å²) >= 11 is 0. The summed E-state index contributed by atoms with van der Waals surface area (Å²) in [6, 6.07) is 5.26. The molecule has 0 bridgehead atoms. The highest BCUT2D eigenvalue weighted by atomic mass is 16.5. The molecule has 3 aromatic rings. The Morgan fingerprint density at radius 2 is 2.00 bits per heavy atom. The summed E-state index contributed by atoms with van der Waals surface area (Å²) in [5.41, 5.74) is 1.62. The molecule has 0 aliphatic heterocycles. The van der Waals surface area contributed by atoms with E-state index in [4.69, 9.17) is 9.47 Å². The molecule has 156 valence electrons. The highest BCUT2D eigenvalue weighted by Crippen LogP contribution is 2.53. The lowest BCUT2D eigenvalue weighted by Gasteiger charge is -2.12. The van der Waals surface area contributed by atoms with Crippen LogP contribution >= 0.6 is 0 Å². The van der Waals surface area contributed by atoms with E-state index in [1.165, 1.54) is 16.8 Å². The predicted octanol–water partition coefficient (Wildman–Crippen LogP) is 2.69. The van der Waals surface area contributed by atoms with Gasteiger partial charge in [0.25, 0.3) is 5.56 Å². The van der Waals surface area contributed by atoms with Crippen LogP contribution < -0.4 is 15.0 Å². The minimum atomic E-state index is -0.240. The molecular formula is C22H24N4O4. The molecule has 1 N–H and O–H groups in total. The molecule has 0 saturated heterocycles. The maximum atomic E-state index is 12.1. The maximum absolute atomic E-state index is 12.1. The van der Waals surface area contributed by atoms with Crippen LogP contribution in [0, 0.1) is 18.8 Å². The van der Waals surface area contributed by atoms with Gasteiger partial charge in [-0.25, -0.2) is 4.98 Å². The summed E-state index contributed by atoms with van der Waals surface area (Å²) in [6.45, 7) is 4.39. The van der Waals surface area contributed by atoms with E-state index >= 15 is 0 Å². The normalized spacial score (nSPS) is 20.1. The molecule has 3 unspecified atom stereocenters. The fraction of sp³-hybridized carbons (Fsp3) is 0.364. The van der Waals surface area contributed by atoms with E-state index in [-0.39, 0.29) is 11.3 Å². The van der Waals surface area contributed by atoms with Crippen LogP contribution in [0.1, 0.15) is 24.4 Å². The second kappa shape index (κ2) is 7.78. The van der Waals surface area contributed by atoms with E-state index in [0.717, 1.165) is 11.4 Å². The number of hydrogen-bond donors (Lipinski definition) is 1. The fourth-order valence-corrected chi connectivity index (χ4v) is 3.75. The van der Waals surface area contributed by atoms with Gasteiger partial charge in [0, 0.05) is 48.6 Å². The van der Waals surface area contributed by atoms with Gasteiger partial charge in [-0.2, -0.15) is 4.98 Å². The molecule has 0 amide bonds. The van der Waals surface area contributed by atoms with E-state index in [1.807, 2.05) is 12.1 Å². The lowest BCUT2D eigenvalue weighted by Crippen LogP contribution is -2.15. The molecule has 1 fully saturated rings. The molecule has 8 nitrogen and oxygen atoms in total. The van der Waals surface area contributed by atoms with Gasteiger partial charge in [-0.05, 0) is 25.0 Å². The number of rotatable bonds is 6. The van der Waals surface area contributed by atoms with Crippen molar-refractivity contribution in [2.45, 2.75) is 19.8 Å². The highest BCUT2D eigenvalue weighted by molar-refractivity contribution is 5.72. The second-order valence-electron chi connectivity index (χ2n) is 7.64. The van der Waals surface area contributed by atoms with Gasteiger partial charge in [0.05, 0.1) is 25.5 Å². The average molecular weight is 408 g/mol. The first kappa shape index (κ1) is 19.9. The minimum absolute atomic E-state index is 0.0329. The third-order valence-corrected chi connectivity index (χ3v) is 5.68. The number of methoxy groups -OCH3 is 1. The number of aromatic hydroxyl groups is 1. The Morgan fingerprint density at radius 3 is 2.70 bits per heavy atom. The molecule has 1 aliphatic carbocycles. The molecule has 8 heteroatoms. The van der Waals surface area contributed by atoms with Gasteiger partial charge in [0.1, 0.15) is 17.3 Å². The van der Waals surface area contributed by atoms with Gasteiger partial charge in [-0.15, -0.1) is 0 Å². The lowest BCUT2D eigenvalue weighted by molar-refractivity contribution is 0.280. The van der Waals surface area contributed by atoms with Crippen LogP contribution in [-0.4, -0.2) is 38.3 Å². The number of pyridine rings is 2. The molecular weight excluding hydrogens is 384 g/mol. The van der Waals surface area contributed by atoms with Crippen LogP contribution in [0.4, 0.5) is 0 Å². The summed E-state index contributed by atoms with van der Waals surface area (Å²) in [7, 11) is 3.20. The Bertz CT molecular complexity index is 1130. The minimum Gasteiger partial charge on any atom is -0.506 e. The van der Waals surface area contributed by atoms with Crippen molar-refractivity contribution in [1.82, 2.24) is 19.5 Å². The zero-order valence-corrected chi connectivity index (χ0v) is 17.4. The van der Waals surface area contributed by atoms with Gasteiger partial charge in [-0.1, -0.05) is 6.92 Å². The summed E-state index contributed by atoms with van der Waals surface area (Å²) in [5.74, 6) is 2.63. The standard InChI is InChI=1S/C22H24N4O4/c1-12-17(21(12)18-6-5-14(29-4)8-24-18)11-30-22-16(9-23-13(2)25-22)15-7-20(28)26(3)10-19(15)27/h5-10,12,17,21,27H,11H2,1-4H3. The van der Waals surface area contributed by atoms with E-state index in [0.29, 0.717) is 47.2 Å². The fourth-order valence-electron chi connectivity index (χ4n) is 3.75. The molecule has 1 saturated carbocycles. The quantitative estimate of drug-likeness (QED) is 0.669. The highest BCUT2D eigenvalue weighted by Gasteiger charge is 2.49. The van der Waals surface area contributed by atoms with Crippen molar-refractivity contribution >= 4 is 0 Å². The van der Waals surface area contributed by atoms with E-state index in [9.17, 15) is 9.90 Å². The Balaban J connectivity index is 1.55. The summed E-state index contributed by atoms with van der Waals surface area (Å²) in [6.07, 6.45) is 4.67. The van der Waals surface area contributed by atoms with Crippen molar-refractivity contribution in [1.29, 1.82) is 0 Å². The van der Waals surface area contributed by atoms with Gasteiger partial charge < -0.3 is 19.1 Å². The van der Waals surface area contributed by atoms with Crippen molar-refractivity contribution in [3.8, 4) is 28.5 Å². The Kier molecular flexibility index (Phi) is 5.15. The molecule has 3 aromatic heterocycles. The SMILES string of the molecule is COc1ccc(C2C(C)C2COc2nc(C)ncc2-c2cc(=O)n(C)cc2O)nc1. The van der Waals surface area contributed by atoms with Gasteiger partial charge >= 0.3 is 0 Å². The third-order valence-electron chi connectivity index (χ3n) is 5.68. The first-order valence-corrected chi connectivity index (χ1v) is 9.75. The number of aryl methyl sites for hydroxylation is 2. The molecule has 30 heavy (non-hydrogen) atoms. The summed E-state index contributed by atoms with van der Waals surface area (Å²) < 4.78 is 12.6. The molecule has 0 radical (unpaired) electrons. The average Bonchev–Trinajstić information content (AvgIpc) is 3.38. The van der Waals surface area contributed by atoms with Crippen molar-refractivity contribution in [3.63, 3.8) is 0 Å². The van der Waals surface area contributed by atoms with Crippen molar-refractivity contribution in [3.05, 3.63) is 58.7 Å². The topological polar surface area (TPSA) is 99.4 Å². The van der Waals surface area contributed by atoms with Crippen LogP contribution in [0.5, 0.6) is 17.4 Å². The van der Waals surface area contributed by atoms with E-state index in [1.54, 1.807) is 33.5 Å². The maximum Gasteiger partial charge on any atom is 0.251 e. The van der Waals surface area contributed by atoms with Gasteiger partial charge in [-0.3, -0.25) is 9.78 Å². The molecule has 3 heterocycles. The van der Waals surface area contributed by atoms with Gasteiger partial charge in [0.2, 0.25) is 5.88 Å². The molecule has 4 rings (SSSR count). The van der Waals surface area contributed by atoms with E-state index in [2.05, 4.69) is 21.9 Å². The van der Waals surface area contributed by atoms with Crippen LogP contribution in [0.25, 0.3) is 11.1 Å². The molecule has 0 aromatic carbocycles. The zero-order chi connectivity index (χ0) is 21.4. The lowest BCUT2D eigenvalue weighted by atomic mass is 10.1. The van der Waals surface area contributed by atoms with Crippen molar-refractivity contribution in [2.75, 3.05) is 13.7 Å². The van der Waals surface area contributed by atoms with Crippen LogP contribution in [0.15, 0.2) is 41.6 Å². The van der Waals surface area contributed by atoms with E-state index < -0.39 is 0 Å². The van der Waals surface area contributed by atoms with Crippen LogP contribution in [-0.2, 0) is 7.05 Å². The number of aromatic nitrogens is 4. The van der Waals surface area contributed by atoms with Crippen molar-refractivity contribution < 1.29 is 14.6 Å². The first-order chi connectivity index (χ1) is 14.4. The number of hydrogen-bond acceptors (Lipinski definition) is 7. The Morgan fingerprint density at radius 1 is 1.20 bits per heavy atom. The largest absolute Gasteiger partial charge is 0.506 e. The monoisotopic (exact) mass is 408 g/mol. The van der Waals surface area contributed by atoms with Crippen LogP contribution in [0.2, 0.25) is 0 Å². The summed E-state index contributed by atoms with van der Waals surface area (Å²) in [4.78, 5) is 25.2.